The van der Waals surface area contributed by atoms with E-state index in [0.717, 1.165) is 45.1 Å². The first-order valence-electron chi connectivity index (χ1n) is 7.27. The molecular formula is C13H22N4O3. The molecule has 2 heterocycles. The number of nitrogens with zero attached hydrogens (tertiary/aromatic N) is 2. The molecule has 0 spiro atoms. The number of aliphatic hydroxyl groups excluding tert-OH is 1. The SMILES string of the molecule is O=C(NCCCCCCO)c1noc(C2CCCN2)n1. The maximum atomic E-state index is 11.8. The van der Waals surface area contributed by atoms with Crippen LogP contribution in [0.5, 0.6) is 0 Å². The smallest absolute Gasteiger partial charge is 0.292 e. The van der Waals surface area contributed by atoms with Crippen LogP contribution in [0.1, 0.15) is 61.1 Å². The van der Waals surface area contributed by atoms with E-state index in [1.807, 2.05) is 0 Å². The number of rotatable bonds is 8. The zero-order valence-corrected chi connectivity index (χ0v) is 11.6. The van der Waals surface area contributed by atoms with E-state index in [-0.39, 0.29) is 24.4 Å². The molecule has 1 fully saturated rings. The predicted octanol–water partition coefficient (Wildman–Crippen LogP) is 0.777. The van der Waals surface area contributed by atoms with Crippen molar-refractivity contribution < 1.29 is 14.4 Å². The molecule has 7 heteroatoms. The van der Waals surface area contributed by atoms with Crippen LogP contribution in [0.15, 0.2) is 4.52 Å². The molecule has 20 heavy (non-hydrogen) atoms. The lowest BCUT2D eigenvalue weighted by Gasteiger charge is -2.02. The van der Waals surface area contributed by atoms with Gasteiger partial charge in [-0.2, -0.15) is 4.98 Å². The summed E-state index contributed by atoms with van der Waals surface area (Å²) < 4.78 is 5.12. The Labute approximate surface area is 118 Å². The average molecular weight is 282 g/mol. The zero-order valence-electron chi connectivity index (χ0n) is 11.6. The second kappa shape index (κ2) is 7.96. The first kappa shape index (κ1) is 14.9. The van der Waals surface area contributed by atoms with Gasteiger partial charge in [0.2, 0.25) is 5.89 Å². The van der Waals surface area contributed by atoms with Gasteiger partial charge in [-0.25, -0.2) is 0 Å². The molecule has 3 N–H and O–H groups in total. The lowest BCUT2D eigenvalue weighted by Crippen LogP contribution is -2.25. The number of hydrogen-bond donors (Lipinski definition) is 3. The van der Waals surface area contributed by atoms with Gasteiger partial charge in [0.1, 0.15) is 0 Å². The zero-order chi connectivity index (χ0) is 14.2. The van der Waals surface area contributed by atoms with E-state index in [1.165, 1.54) is 0 Å². The topological polar surface area (TPSA) is 100 Å². The van der Waals surface area contributed by atoms with Gasteiger partial charge in [-0.1, -0.05) is 18.0 Å². The van der Waals surface area contributed by atoms with E-state index >= 15 is 0 Å². The summed E-state index contributed by atoms with van der Waals surface area (Å²) in [4.78, 5) is 15.9. The van der Waals surface area contributed by atoms with Crippen molar-refractivity contribution in [2.75, 3.05) is 19.7 Å². The molecule has 0 aliphatic carbocycles. The molecule has 1 unspecified atom stereocenters. The summed E-state index contributed by atoms with van der Waals surface area (Å²) in [6, 6.07) is 0.0857. The van der Waals surface area contributed by atoms with Gasteiger partial charge >= 0.3 is 0 Å². The van der Waals surface area contributed by atoms with E-state index < -0.39 is 0 Å². The molecule has 1 saturated heterocycles. The van der Waals surface area contributed by atoms with Gasteiger partial charge in [-0.15, -0.1) is 0 Å². The molecule has 7 nitrogen and oxygen atoms in total. The number of aliphatic hydroxyl groups is 1. The fraction of sp³-hybridized carbons (Fsp3) is 0.769. The summed E-state index contributed by atoms with van der Waals surface area (Å²) in [6.45, 7) is 1.77. The molecule has 1 aromatic heterocycles. The Morgan fingerprint density at radius 2 is 2.25 bits per heavy atom. The van der Waals surface area contributed by atoms with Gasteiger partial charge in [-0.3, -0.25) is 4.79 Å². The van der Waals surface area contributed by atoms with E-state index in [2.05, 4.69) is 20.8 Å². The first-order chi connectivity index (χ1) is 9.81. The summed E-state index contributed by atoms with van der Waals surface area (Å²) in [5.74, 6) is 0.305. The third kappa shape index (κ3) is 4.28. The highest BCUT2D eigenvalue weighted by Gasteiger charge is 2.24. The third-order valence-electron chi connectivity index (χ3n) is 3.37. The van der Waals surface area contributed by atoms with Crippen LogP contribution in [0, 0.1) is 0 Å². The molecule has 1 aromatic rings. The van der Waals surface area contributed by atoms with Crippen LogP contribution in [0.3, 0.4) is 0 Å². The molecule has 2 rings (SSSR count). The van der Waals surface area contributed by atoms with Crippen LogP contribution in [-0.4, -0.2) is 40.9 Å². The van der Waals surface area contributed by atoms with Crippen molar-refractivity contribution in [1.29, 1.82) is 0 Å². The van der Waals surface area contributed by atoms with Gasteiger partial charge in [0, 0.05) is 13.2 Å². The number of carbonyl (C=O) groups excluding carboxylic acids is 1. The third-order valence-corrected chi connectivity index (χ3v) is 3.37. The second-order valence-corrected chi connectivity index (χ2v) is 5.00. The minimum absolute atomic E-state index is 0.0857. The Balaban J connectivity index is 1.69. The van der Waals surface area contributed by atoms with Crippen LogP contribution in [0.25, 0.3) is 0 Å². The minimum Gasteiger partial charge on any atom is -0.396 e. The number of hydrogen-bond acceptors (Lipinski definition) is 6. The Hall–Kier alpha value is -1.47. The van der Waals surface area contributed by atoms with Crippen molar-refractivity contribution >= 4 is 5.91 Å². The molecular weight excluding hydrogens is 260 g/mol. The van der Waals surface area contributed by atoms with Crippen molar-refractivity contribution in [3.8, 4) is 0 Å². The molecule has 0 saturated carbocycles. The van der Waals surface area contributed by atoms with Crippen molar-refractivity contribution in [2.24, 2.45) is 0 Å². The number of nitrogens with one attached hydrogen (secondary N) is 2. The molecule has 112 valence electrons. The maximum Gasteiger partial charge on any atom is 0.292 e. The van der Waals surface area contributed by atoms with Crippen molar-refractivity contribution in [2.45, 2.75) is 44.6 Å². The molecule has 1 aliphatic heterocycles. The van der Waals surface area contributed by atoms with Crippen molar-refractivity contribution in [1.82, 2.24) is 20.8 Å². The second-order valence-electron chi connectivity index (χ2n) is 5.00. The van der Waals surface area contributed by atoms with E-state index in [0.29, 0.717) is 12.4 Å². The average Bonchev–Trinajstić information content (AvgIpc) is 3.12. The predicted molar refractivity (Wildman–Crippen MR) is 72.2 cm³/mol. The minimum atomic E-state index is -0.292. The summed E-state index contributed by atoms with van der Waals surface area (Å²) in [6.07, 6.45) is 5.73. The normalized spacial score (nSPS) is 18.4. The van der Waals surface area contributed by atoms with Crippen LogP contribution in [0.2, 0.25) is 0 Å². The van der Waals surface area contributed by atoms with E-state index in [9.17, 15) is 4.79 Å². The van der Waals surface area contributed by atoms with E-state index in [4.69, 9.17) is 9.63 Å². The van der Waals surface area contributed by atoms with Gasteiger partial charge in [0.25, 0.3) is 11.7 Å². The summed E-state index contributed by atoms with van der Waals surface area (Å²) in [5, 5.41) is 18.4. The summed E-state index contributed by atoms with van der Waals surface area (Å²) >= 11 is 0. The van der Waals surface area contributed by atoms with Gasteiger partial charge in [-0.05, 0) is 32.2 Å². The summed E-state index contributed by atoms with van der Waals surface area (Å²) in [5.41, 5.74) is 0. The highest BCUT2D eigenvalue weighted by atomic mass is 16.5. The quantitative estimate of drug-likeness (QED) is 0.609. The van der Waals surface area contributed by atoms with Gasteiger partial charge < -0.3 is 20.3 Å². The largest absolute Gasteiger partial charge is 0.396 e. The lowest BCUT2D eigenvalue weighted by molar-refractivity contribution is 0.0939. The molecule has 1 atom stereocenters. The first-order valence-corrected chi connectivity index (χ1v) is 7.27. The molecule has 1 aliphatic rings. The number of carbonyl (C=O) groups is 1. The van der Waals surface area contributed by atoms with Crippen LogP contribution in [-0.2, 0) is 0 Å². The van der Waals surface area contributed by atoms with Crippen LogP contribution >= 0.6 is 0 Å². The molecule has 0 aromatic carbocycles. The van der Waals surface area contributed by atoms with Gasteiger partial charge in [0.05, 0.1) is 6.04 Å². The highest BCUT2D eigenvalue weighted by molar-refractivity contribution is 5.90. The molecule has 0 bridgehead atoms. The monoisotopic (exact) mass is 282 g/mol. The summed E-state index contributed by atoms with van der Waals surface area (Å²) in [7, 11) is 0. The lowest BCUT2D eigenvalue weighted by atomic mass is 10.2. The highest BCUT2D eigenvalue weighted by Crippen LogP contribution is 2.20. The van der Waals surface area contributed by atoms with Gasteiger partial charge in [0.15, 0.2) is 0 Å². The number of aromatic nitrogens is 2. The van der Waals surface area contributed by atoms with Crippen molar-refractivity contribution in [3.05, 3.63) is 11.7 Å². The number of unbranched alkanes of at least 4 members (excludes halogenated alkanes) is 3. The Morgan fingerprint density at radius 1 is 1.40 bits per heavy atom. The fourth-order valence-electron chi connectivity index (χ4n) is 2.24. The molecule has 1 amide bonds. The Bertz CT molecular complexity index is 416. The Morgan fingerprint density at radius 3 is 3.00 bits per heavy atom. The van der Waals surface area contributed by atoms with E-state index in [1.54, 1.807) is 0 Å². The van der Waals surface area contributed by atoms with Crippen LogP contribution in [0.4, 0.5) is 0 Å². The maximum absolute atomic E-state index is 11.8. The molecule has 0 radical (unpaired) electrons. The standard InChI is InChI=1S/C13H22N4O3/c18-9-4-2-1-3-7-15-12(19)11-16-13(20-17-11)10-6-5-8-14-10/h10,14,18H,1-9H2,(H,15,19). The number of amides is 1. The fourth-order valence-corrected chi connectivity index (χ4v) is 2.24. The van der Waals surface area contributed by atoms with Crippen molar-refractivity contribution in [3.63, 3.8) is 0 Å². The Kier molecular flexibility index (Phi) is 5.94. The van der Waals surface area contributed by atoms with Crippen LogP contribution < -0.4 is 10.6 Å².